The fourth-order valence-electron chi connectivity index (χ4n) is 5.35. The fraction of sp³-hybridized carbons (Fsp3) is 0.429. The number of rotatable bonds is 7. The third-order valence-electron chi connectivity index (χ3n) is 7.44. The summed E-state index contributed by atoms with van der Waals surface area (Å²) in [5.41, 5.74) is 5.01. The van der Waals surface area contributed by atoms with E-state index in [2.05, 4.69) is 17.2 Å². The summed E-state index contributed by atoms with van der Waals surface area (Å²) in [5.74, 6) is 0.462. The van der Waals surface area contributed by atoms with Gasteiger partial charge in [-0.3, -0.25) is 19.3 Å². The monoisotopic (exact) mass is 520 g/mol. The van der Waals surface area contributed by atoms with Gasteiger partial charge >= 0.3 is 0 Å². The molecule has 9 heteroatoms. The molecule has 1 aromatic carbocycles. The van der Waals surface area contributed by atoms with Crippen LogP contribution in [0.1, 0.15) is 71.6 Å². The van der Waals surface area contributed by atoms with Crippen LogP contribution in [0.4, 0.5) is 5.69 Å². The number of sulfone groups is 1. The number of nitrogens with zero attached hydrogens (tertiary/aromatic N) is 3. The number of anilines is 1. The maximum atomic E-state index is 13.3. The van der Waals surface area contributed by atoms with Crippen LogP contribution in [0.5, 0.6) is 0 Å². The number of aromatic nitrogens is 3. The molecule has 0 bridgehead atoms. The first-order valence-electron chi connectivity index (χ1n) is 12.9. The van der Waals surface area contributed by atoms with Gasteiger partial charge in [-0.25, -0.2) is 8.42 Å². The summed E-state index contributed by atoms with van der Waals surface area (Å²) < 4.78 is 25.6. The highest BCUT2D eigenvalue weighted by Gasteiger charge is 2.32. The molecule has 0 spiro atoms. The number of benzene rings is 1. The SMILES string of the molecule is CCC1CC(=O)c2c(c(-c3cnc(C(C)=O)c(NC4CCS(=O)(=O)CC4)c3)nn2Cc2ccccc2)C1. The standard InChI is InChI=1S/C28H32N4O4S/c1-3-19-13-23-27(31-32(28(23)25(34)14-19)17-20-7-5-4-6-8-20)21-15-24(26(18(2)33)29-16-21)30-22-9-11-37(35,36)12-10-22/h4-8,15-16,19,22,30H,3,9-14,17H2,1-2H3. The lowest BCUT2D eigenvalue weighted by molar-refractivity contribution is 0.0936. The molecule has 0 radical (unpaired) electrons. The van der Waals surface area contributed by atoms with Gasteiger partial charge < -0.3 is 5.32 Å². The van der Waals surface area contributed by atoms with Crippen LogP contribution in [0.3, 0.4) is 0 Å². The Labute approximate surface area is 217 Å². The highest BCUT2D eigenvalue weighted by molar-refractivity contribution is 7.91. The molecule has 2 aliphatic rings. The van der Waals surface area contributed by atoms with E-state index >= 15 is 0 Å². The van der Waals surface area contributed by atoms with Crippen molar-refractivity contribution in [1.82, 2.24) is 14.8 Å². The van der Waals surface area contributed by atoms with Crippen molar-refractivity contribution in [1.29, 1.82) is 0 Å². The highest BCUT2D eigenvalue weighted by atomic mass is 32.2. The van der Waals surface area contributed by atoms with E-state index in [9.17, 15) is 18.0 Å². The molecule has 194 valence electrons. The minimum atomic E-state index is -3.00. The Hall–Kier alpha value is -3.33. The molecule has 1 aliphatic carbocycles. The molecule has 5 rings (SSSR count). The molecule has 3 heterocycles. The zero-order valence-electron chi connectivity index (χ0n) is 21.2. The summed E-state index contributed by atoms with van der Waals surface area (Å²) in [7, 11) is -3.00. The molecule has 1 saturated heterocycles. The fourth-order valence-corrected chi connectivity index (χ4v) is 6.85. The van der Waals surface area contributed by atoms with Crippen molar-refractivity contribution in [2.75, 3.05) is 16.8 Å². The van der Waals surface area contributed by atoms with Crippen molar-refractivity contribution >= 4 is 27.1 Å². The van der Waals surface area contributed by atoms with Crippen molar-refractivity contribution < 1.29 is 18.0 Å². The zero-order chi connectivity index (χ0) is 26.2. The Morgan fingerprint density at radius 3 is 2.54 bits per heavy atom. The first-order chi connectivity index (χ1) is 17.7. The van der Waals surface area contributed by atoms with E-state index in [4.69, 9.17) is 5.10 Å². The predicted molar refractivity (Wildman–Crippen MR) is 143 cm³/mol. The van der Waals surface area contributed by atoms with Gasteiger partial charge in [-0.2, -0.15) is 5.10 Å². The van der Waals surface area contributed by atoms with Crippen LogP contribution in [0, 0.1) is 5.92 Å². The van der Waals surface area contributed by atoms with Crippen LogP contribution < -0.4 is 5.32 Å². The number of hydrogen-bond acceptors (Lipinski definition) is 7. The second-order valence-corrected chi connectivity index (χ2v) is 12.5. The average Bonchev–Trinajstić information content (AvgIpc) is 3.24. The zero-order valence-corrected chi connectivity index (χ0v) is 22.1. The van der Waals surface area contributed by atoms with Crippen molar-refractivity contribution in [2.45, 2.75) is 58.5 Å². The van der Waals surface area contributed by atoms with E-state index in [1.807, 2.05) is 41.1 Å². The molecule has 1 N–H and O–H groups in total. The molecule has 1 aliphatic heterocycles. The van der Waals surface area contributed by atoms with Crippen LogP contribution in [-0.4, -0.2) is 52.3 Å². The van der Waals surface area contributed by atoms with Crippen LogP contribution >= 0.6 is 0 Å². The van der Waals surface area contributed by atoms with E-state index in [1.54, 1.807) is 6.20 Å². The van der Waals surface area contributed by atoms with Crippen LogP contribution in [-0.2, 0) is 22.8 Å². The van der Waals surface area contributed by atoms with Gasteiger partial charge in [0.2, 0.25) is 0 Å². The molecule has 1 unspecified atom stereocenters. The Morgan fingerprint density at radius 1 is 1.14 bits per heavy atom. The van der Waals surface area contributed by atoms with Gasteiger partial charge in [-0.05, 0) is 36.8 Å². The normalized spacial score (nSPS) is 19.4. The Bertz CT molecular complexity index is 1430. The van der Waals surface area contributed by atoms with Gasteiger partial charge in [0.05, 0.1) is 29.4 Å². The molecule has 0 saturated carbocycles. The lowest BCUT2D eigenvalue weighted by Crippen LogP contribution is -2.32. The lowest BCUT2D eigenvalue weighted by atomic mass is 9.83. The summed E-state index contributed by atoms with van der Waals surface area (Å²) >= 11 is 0. The number of pyridine rings is 1. The number of ketones is 2. The van der Waals surface area contributed by atoms with Gasteiger partial charge in [0.25, 0.3) is 0 Å². The third kappa shape index (κ3) is 5.37. The molecular weight excluding hydrogens is 488 g/mol. The van der Waals surface area contributed by atoms with E-state index in [0.717, 1.165) is 29.5 Å². The van der Waals surface area contributed by atoms with Gasteiger partial charge in [0.1, 0.15) is 21.2 Å². The maximum absolute atomic E-state index is 13.3. The summed E-state index contributed by atoms with van der Waals surface area (Å²) in [6, 6.07) is 11.8. The van der Waals surface area contributed by atoms with Gasteiger partial charge in [0.15, 0.2) is 11.6 Å². The summed E-state index contributed by atoms with van der Waals surface area (Å²) in [5, 5.41) is 8.31. The Kier molecular flexibility index (Phi) is 6.98. The molecule has 3 aromatic rings. The van der Waals surface area contributed by atoms with Crippen molar-refractivity contribution in [3.8, 4) is 11.3 Å². The van der Waals surface area contributed by atoms with E-state index in [0.29, 0.717) is 48.6 Å². The van der Waals surface area contributed by atoms with Crippen LogP contribution in [0.2, 0.25) is 0 Å². The minimum absolute atomic E-state index is 0.0609. The maximum Gasteiger partial charge on any atom is 0.181 e. The van der Waals surface area contributed by atoms with Crippen LogP contribution in [0.25, 0.3) is 11.3 Å². The molecule has 2 aromatic heterocycles. The van der Waals surface area contributed by atoms with Gasteiger partial charge in [-0.15, -0.1) is 0 Å². The predicted octanol–water partition coefficient (Wildman–Crippen LogP) is 4.34. The number of nitrogens with one attached hydrogen (secondary N) is 1. The average molecular weight is 521 g/mol. The molecule has 1 atom stereocenters. The number of carbonyl (C=O) groups excluding carboxylic acids is 2. The Morgan fingerprint density at radius 2 is 1.86 bits per heavy atom. The molecular formula is C28H32N4O4S. The molecule has 1 fully saturated rings. The number of fused-ring (bicyclic) bond motifs is 1. The number of hydrogen-bond donors (Lipinski definition) is 1. The number of carbonyl (C=O) groups is 2. The highest BCUT2D eigenvalue weighted by Crippen LogP contribution is 2.36. The van der Waals surface area contributed by atoms with Gasteiger partial charge in [-0.1, -0.05) is 43.7 Å². The summed E-state index contributed by atoms with van der Waals surface area (Å²) in [4.78, 5) is 30.1. The second kappa shape index (κ2) is 10.2. The van der Waals surface area contributed by atoms with Crippen molar-refractivity contribution in [3.05, 3.63) is 65.1 Å². The molecule has 37 heavy (non-hydrogen) atoms. The van der Waals surface area contributed by atoms with Gasteiger partial charge in [0, 0.05) is 36.7 Å². The van der Waals surface area contributed by atoms with Crippen molar-refractivity contribution in [3.63, 3.8) is 0 Å². The topological polar surface area (TPSA) is 111 Å². The minimum Gasteiger partial charge on any atom is -0.380 e. The smallest absolute Gasteiger partial charge is 0.181 e. The first kappa shape index (κ1) is 25.3. The quantitative estimate of drug-likeness (QED) is 0.461. The first-order valence-corrected chi connectivity index (χ1v) is 14.7. The third-order valence-corrected chi connectivity index (χ3v) is 9.16. The summed E-state index contributed by atoms with van der Waals surface area (Å²) in [6.45, 7) is 4.07. The van der Waals surface area contributed by atoms with E-state index < -0.39 is 9.84 Å². The largest absolute Gasteiger partial charge is 0.380 e. The Balaban J connectivity index is 1.55. The number of Topliss-reactive ketones (excluding diaryl/α,β-unsaturated/α-hetero) is 2. The van der Waals surface area contributed by atoms with Crippen molar-refractivity contribution in [2.24, 2.45) is 5.92 Å². The van der Waals surface area contributed by atoms with Crippen LogP contribution in [0.15, 0.2) is 42.6 Å². The summed E-state index contributed by atoms with van der Waals surface area (Å²) in [6.07, 6.45) is 4.81. The lowest BCUT2D eigenvalue weighted by Gasteiger charge is -2.25. The second-order valence-electron chi connectivity index (χ2n) is 10.2. The van der Waals surface area contributed by atoms with E-state index in [-0.39, 0.29) is 35.0 Å². The molecule has 8 nitrogen and oxygen atoms in total. The van der Waals surface area contributed by atoms with E-state index in [1.165, 1.54) is 6.92 Å². The molecule has 0 amide bonds.